The molecule has 2 aliphatic rings. The van der Waals surface area contributed by atoms with Crippen molar-refractivity contribution >= 4 is 28.7 Å². The minimum atomic E-state index is -0.515. The molecule has 16 heavy (non-hydrogen) atoms. The first-order valence-corrected chi connectivity index (χ1v) is 7.18. The van der Waals surface area contributed by atoms with Gasteiger partial charge >= 0.3 is 6.16 Å². The molecule has 92 valence electrons. The molecule has 2 rings (SSSR count). The van der Waals surface area contributed by atoms with Gasteiger partial charge in [0, 0.05) is 3.92 Å². The van der Waals surface area contributed by atoms with Gasteiger partial charge in [0.2, 0.25) is 0 Å². The van der Waals surface area contributed by atoms with E-state index in [9.17, 15) is 4.79 Å². The Morgan fingerprint density at radius 1 is 1.31 bits per heavy atom. The van der Waals surface area contributed by atoms with Gasteiger partial charge in [-0.15, -0.1) is 0 Å². The molecule has 4 atom stereocenters. The molecule has 2 saturated carbocycles. The van der Waals surface area contributed by atoms with E-state index in [1.807, 2.05) is 0 Å². The Morgan fingerprint density at radius 3 is 2.75 bits per heavy atom. The molecule has 0 aromatic heterocycles. The van der Waals surface area contributed by atoms with Gasteiger partial charge in [0.25, 0.3) is 0 Å². The Labute approximate surface area is 110 Å². The standard InChI is InChI=1S/C12H19IO3/c1-8-3-9-4-10(13)7-12(5-8,6-9)16-11(14)15-2/h8-10H,3-7H2,1-2H3. The molecule has 0 aliphatic heterocycles. The lowest BCUT2D eigenvalue weighted by Crippen LogP contribution is -2.48. The van der Waals surface area contributed by atoms with Gasteiger partial charge in [-0.1, -0.05) is 29.5 Å². The summed E-state index contributed by atoms with van der Waals surface area (Å²) in [6.45, 7) is 2.26. The summed E-state index contributed by atoms with van der Waals surface area (Å²) in [5.74, 6) is 1.39. The summed E-state index contributed by atoms with van der Waals surface area (Å²) < 4.78 is 10.9. The van der Waals surface area contributed by atoms with Gasteiger partial charge in [-0.2, -0.15) is 0 Å². The van der Waals surface area contributed by atoms with Crippen molar-refractivity contribution in [3.8, 4) is 0 Å². The molecule has 0 heterocycles. The highest BCUT2D eigenvalue weighted by Crippen LogP contribution is 2.49. The van der Waals surface area contributed by atoms with Crippen LogP contribution in [0.4, 0.5) is 4.79 Å². The Kier molecular flexibility index (Phi) is 3.66. The zero-order valence-corrected chi connectivity index (χ0v) is 12.0. The van der Waals surface area contributed by atoms with Crippen molar-refractivity contribution in [2.75, 3.05) is 7.11 Å². The summed E-state index contributed by atoms with van der Waals surface area (Å²) in [6.07, 6.45) is 5.06. The Hall–Kier alpha value is 0. The Bertz CT molecular complexity index is 260. The molecule has 4 unspecified atom stereocenters. The Morgan fingerprint density at radius 2 is 2.06 bits per heavy atom. The van der Waals surface area contributed by atoms with Gasteiger partial charge in [0.1, 0.15) is 5.60 Å². The SMILES string of the molecule is COC(=O)OC12CC(C)CC(CC(I)C1)C2. The van der Waals surface area contributed by atoms with Crippen LogP contribution < -0.4 is 0 Å². The molecule has 0 saturated heterocycles. The van der Waals surface area contributed by atoms with Gasteiger partial charge in [-0.25, -0.2) is 4.79 Å². The fourth-order valence-electron chi connectivity index (χ4n) is 3.52. The third kappa shape index (κ3) is 2.63. The van der Waals surface area contributed by atoms with E-state index < -0.39 is 6.16 Å². The second-order valence-corrected chi connectivity index (χ2v) is 7.15. The molecule has 4 heteroatoms. The first-order valence-electron chi connectivity index (χ1n) is 5.94. The first-order chi connectivity index (χ1) is 7.53. The van der Waals surface area contributed by atoms with Crippen LogP contribution in [-0.2, 0) is 9.47 Å². The number of alkyl halides is 1. The average Bonchev–Trinajstić information content (AvgIpc) is 2.13. The predicted molar refractivity (Wildman–Crippen MR) is 69.8 cm³/mol. The van der Waals surface area contributed by atoms with Crippen LogP contribution in [0, 0.1) is 11.8 Å². The molecule has 0 amide bonds. The second kappa shape index (κ2) is 4.70. The topological polar surface area (TPSA) is 35.5 Å². The molecule has 2 aliphatic carbocycles. The van der Waals surface area contributed by atoms with E-state index >= 15 is 0 Å². The number of ether oxygens (including phenoxy) is 2. The third-order valence-electron chi connectivity index (χ3n) is 3.77. The molecule has 0 spiro atoms. The number of hydrogen-bond acceptors (Lipinski definition) is 3. The van der Waals surface area contributed by atoms with Crippen LogP contribution in [0.5, 0.6) is 0 Å². The van der Waals surface area contributed by atoms with E-state index in [1.54, 1.807) is 0 Å². The maximum absolute atomic E-state index is 11.3. The van der Waals surface area contributed by atoms with E-state index in [1.165, 1.54) is 20.0 Å². The van der Waals surface area contributed by atoms with E-state index in [-0.39, 0.29) is 5.60 Å². The van der Waals surface area contributed by atoms with Crippen molar-refractivity contribution < 1.29 is 14.3 Å². The fraction of sp³-hybridized carbons (Fsp3) is 0.917. The highest BCUT2D eigenvalue weighted by Gasteiger charge is 2.47. The minimum absolute atomic E-state index is 0.237. The van der Waals surface area contributed by atoms with Crippen molar-refractivity contribution in [1.29, 1.82) is 0 Å². The van der Waals surface area contributed by atoms with Gasteiger partial charge in [0.15, 0.2) is 0 Å². The lowest BCUT2D eigenvalue weighted by Gasteiger charge is -2.48. The van der Waals surface area contributed by atoms with Gasteiger partial charge in [-0.3, -0.25) is 0 Å². The molecular formula is C12H19IO3. The highest BCUT2D eigenvalue weighted by molar-refractivity contribution is 14.1. The normalized spacial score (nSPS) is 42.6. The lowest BCUT2D eigenvalue weighted by molar-refractivity contribution is -0.0901. The zero-order chi connectivity index (χ0) is 11.8. The predicted octanol–water partition coefficient (Wildman–Crippen LogP) is 3.54. The van der Waals surface area contributed by atoms with Crippen LogP contribution >= 0.6 is 22.6 Å². The molecule has 2 bridgehead atoms. The van der Waals surface area contributed by atoms with Crippen molar-refractivity contribution in [2.45, 2.75) is 48.6 Å². The number of methoxy groups -OCH3 is 1. The third-order valence-corrected chi connectivity index (χ3v) is 4.71. The van der Waals surface area contributed by atoms with E-state index in [4.69, 9.17) is 4.74 Å². The van der Waals surface area contributed by atoms with Crippen molar-refractivity contribution in [1.82, 2.24) is 0 Å². The summed E-state index contributed by atoms with van der Waals surface area (Å²) >= 11 is 2.49. The average molecular weight is 338 g/mol. The first kappa shape index (κ1) is 12.5. The maximum Gasteiger partial charge on any atom is 0.508 e. The summed E-state index contributed by atoms with van der Waals surface area (Å²) in [7, 11) is 1.38. The smallest absolute Gasteiger partial charge is 0.438 e. The largest absolute Gasteiger partial charge is 0.508 e. The number of halogens is 1. The van der Waals surface area contributed by atoms with Crippen molar-refractivity contribution in [2.24, 2.45) is 11.8 Å². The van der Waals surface area contributed by atoms with Crippen LogP contribution in [0.2, 0.25) is 0 Å². The number of carbonyl (C=O) groups excluding carboxylic acids is 1. The van der Waals surface area contributed by atoms with Gasteiger partial charge in [-0.05, 0) is 43.9 Å². The monoisotopic (exact) mass is 338 g/mol. The molecule has 0 radical (unpaired) electrons. The van der Waals surface area contributed by atoms with Crippen LogP contribution in [0.3, 0.4) is 0 Å². The number of hydrogen-bond donors (Lipinski definition) is 0. The van der Waals surface area contributed by atoms with E-state index in [0.717, 1.165) is 25.2 Å². The highest BCUT2D eigenvalue weighted by atomic mass is 127. The maximum atomic E-state index is 11.3. The minimum Gasteiger partial charge on any atom is -0.438 e. The quantitative estimate of drug-likeness (QED) is 0.417. The lowest BCUT2D eigenvalue weighted by atomic mass is 9.65. The van der Waals surface area contributed by atoms with Crippen LogP contribution in [-0.4, -0.2) is 22.8 Å². The summed E-state index contributed by atoms with van der Waals surface area (Å²) in [5, 5.41) is 0. The second-order valence-electron chi connectivity index (χ2n) is 5.39. The van der Waals surface area contributed by atoms with E-state index in [0.29, 0.717) is 9.84 Å². The summed E-state index contributed by atoms with van der Waals surface area (Å²) in [6, 6.07) is 0. The summed E-state index contributed by atoms with van der Waals surface area (Å²) in [4.78, 5) is 11.3. The van der Waals surface area contributed by atoms with Crippen LogP contribution in [0.15, 0.2) is 0 Å². The van der Waals surface area contributed by atoms with E-state index in [2.05, 4.69) is 34.3 Å². The number of fused-ring (bicyclic) bond motifs is 2. The summed E-state index contributed by atoms with van der Waals surface area (Å²) in [5.41, 5.74) is -0.237. The number of rotatable bonds is 1. The molecule has 0 N–H and O–H groups in total. The molecule has 0 aromatic carbocycles. The molecular weight excluding hydrogens is 319 g/mol. The number of carbonyl (C=O) groups is 1. The van der Waals surface area contributed by atoms with Gasteiger partial charge < -0.3 is 9.47 Å². The van der Waals surface area contributed by atoms with Crippen molar-refractivity contribution in [3.05, 3.63) is 0 Å². The fourth-order valence-corrected chi connectivity index (χ4v) is 5.04. The van der Waals surface area contributed by atoms with Crippen molar-refractivity contribution in [3.63, 3.8) is 0 Å². The van der Waals surface area contributed by atoms with Crippen LogP contribution in [0.25, 0.3) is 0 Å². The zero-order valence-electron chi connectivity index (χ0n) is 9.87. The van der Waals surface area contributed by atoms with Crippen LogP contribution in [0.1, 0.15) is 39.0 Å². The molecule has 2 fully saturated rings. The molecule has 3 nitrogen and oxygen atoms in total. The van der Waals surface area contributed by atoms with Gasteiger partial charge in [0.05, 0.1) is 7.11 Å². The molecule has 0 aromatic rings. The Balaban J connectivity index is 2.11.